The monoisotopic (exact) mass is 414 g/mol. The predicted molar refractivity (Wildman–Crippen MR) is 97.5 cm³/mol. The molecule has 28 heavy (non-hydrogen) atoms. The van der Waals surface area contributed by atoms with Crippen LogP contribution in [0, 0.1) is 16.0 Å². The van der Waals surface area contributed by atoms with Crippen LogP contribution in [0.1, 0.15) is 38.8 Å². The Kier molecular flexibility index (Phi) is 6.27. The number of hydrogen-bond acceptors (Lipinski definition) is 8. The molecule has 154 valence electrons. The highest BCUT2D eigenvalue weighted by molar-refractivity contribution is 7.72. The zero-order valence-electron chi connectivity index (χ0n) is 15.9. The Hall–Kier alpha value is -2.69. The Balaban J connectivity index is 2.62. The van der Waals surface area contributed by atoms with Gasteiger partial charge in [-0.2, -0.15) is 0 Å². The number of methoxy groups -OCH3 is 1. The highest BCUT2D eigenvalue weighted by Crippen LogP contribution is 2.41. The van der Waals surface area contributed by atoms with Crippen molar-refractivity contribution >= 4 is 28.5 Å². The van der Waals surface area contributed by atoms with Crippen LogP contribution in [0.3, 0.4) is 0 Å². The van der Waals surface area contributed by atoms with Crippen LogP contribution in [0.15, 0.2) is 23.1 Å². The van der Waals surface area contributed by atoms with Gasteiger partial charge in [0.25, 0.3) is 5.69 Å². The molecule has 11 heteroatoms. The van der Waals surface area contributed by atoms with E-state index in [4.69, 9.17) is 9.47 Å². The van der Waals surface area contributed by atoms with Crippen LogP contribution in [0.4, 0.5) is 10.5 Å². The second kappa shape index (κ2) is 8.13. The highest BCUT2D eigenvalue weighted by atomic mass is 32.2. The maximum atomic E-state index is 12.7. The first-order valence-electron chi connectivity index (χ1n) is 8.46. The van der Waals surface area contributed by atoms with E-state index in [1.165, 1.54) is 12.0 Å². The average Bonchev–Trinajstić information content (AvgIpc) is 3.03. The van der Waals surface area contributed by atoms with Gasteiger partial charge >= 0.3 is 12.1 Å². The summed E-state index contributed by atoms with van der Waals surface area (Å²) in [5.41, 5.74) is -1.18. The van der Waals surface area contributed by atoms with E-state index in [0.29, 0.717) is 0 Å². The number of carbonyl (C=O) groups is 2. The van der Waals surface area contributed by atoms with Crippen LogP contribution in [0.5, 0.6) is 0 Å². The summed E-state index contributed by atoms with van der Waals surface area (Å²) in [6.45, 7) is 5.11. The molecule has 2 atom stereocenters. The minimum absolute atomic E-state index is 0.0101. The predicted octanol–water partition coefficient (Wildman–Crippen LogP) is 2.04. The quantitative estimate of drug-likeness (QED) is 0.342. The van der Waals surface area contributed by atoms with E-state index in [1.807, 2.05) is 0 Å². The molecule has 1 aromatic rings. The van der Waals surface area contributed by atoms with Crippen LogP contribution in [0.2, 0.25) is 0 Å². The lowest BCUT2D eigenvalue weighted by Gasteiger charge is -2.30. The smallest absolute Gasteiger partial charge is 0.410 e. The maximum Gasteiger partial charge on any atom is 0.410 e. The number of hydrogen-bond donors (Lipinski definition) is 1. The summed E-state index contributed by atoms with van der Waals surface area (Å²) in [4.78, 5) is 36.5. The molecule has 1 heterocycles. The van der Waals surface area contributed by atoms with Crippen LogP contribution in [-0.4, -0.2) is 49.6 Å². The molecule has 1 saturated heterocycles. The van der Waals surface area contributed by atoms with Crippen molar-refractivity contribution in [3.8, 4) is 0 Å². The summed E-state index contributed by atoms with van der Waals surface area (Å²) in [5, 5.41) is 11.2. The van der Waals surface area contributed by atoms with Crippen LogP contribution in [-0.2, 0) is 25.0 Å². The second-order valence-electron chi connectivity index (χ2n) is 7.29. The Bertz CT molecular complexity index is 866. The topological polar surface area (TPSA) is 133 Å². The van der Waals surface area contributed by atoms with Crippen LogP contribution < -0.4 is 0 Å². The lowest BCUT2D eigenvalue weighted by atomic mass is 9.93. The molecule has 2 unspecified atom stereocenters. The van der Waals surface area contributed by atoms with Gasteiger partial charge in [-0.1, -0.05) is 0 Å². The largest absolute Gasteiger partial charge is 0.469 e. The molecular formula is C17H22N2O8S. The van der Waals surface area contributed by atoms with Gasteiger partial charge in [0.1, 0.15) is 5.60 Å². The van der Waals surface area contributed by atoms with Gasteiger partial charge < -0.3 is 14.4 Å². The number of nitrogens with zero attached hydrogens (tertiary/aromatic N) is 2. The first-order valence-corrected chi connectivity index (χ1v) is 9.64. The molecule has 0 N–H and O–H groups in total. The molecule has 0 radical (unpaired) electrons. The Morgan fingerprint density at radius 1 is 1.29 bits per heavy atom. The number of esters is 1. The van der Waals surface area contributed by atoms with Crippen molar-refractivity contribution < 1.29 is 32.4 Å². The lowest BCUT2D eigenvalue weighted by Crippen LogP contribution is -2.38. The van der Waals surface area contributed by atoms with Crippen molar-refractivity contribution in [1.82, 2.24) is 4.90 Å². The fraction of sp³-hybridized carbons (Fsp3) is 0.529. The van der Waals surface area contributed by atoms with Crippen LogP contribution in [0.25, 0.3) is 0 Å². The van der Waals surface area contributed by atoms with Gasteiger partial charge in [-0.25, -0.2) is 13.2 Å². The SMILES string of the molecule is COC(=O)C1CCN(C(=O)OC(C)(C)C)C1c1cc([N+](=O)[O-])ccc1[SH](=O)=O. The number of nitro benzene ring substituents is 1. The van der Waals surface area contributed by atoms with E-state index in [0.717, 1.165) is 18.2 Å². The van der Waals surface area contributed by atoms with Crippen molar-refractivity contribution in [2.75, 3.05) is 13.7 Å². The minimum atomic E-state index is -3.13. The number of likely N-dealkylation sites (tertiary alicyclic amines) is 1. The Labute approximate surface area is 163 Å². The normalized spacial score (nSPS) is 19.5. The third-order valence-corrected chi connectivity index (χ3v) is 5.07. The summed E-state index contributed by atoms with van der Waals surface area (Å²) < 4.78 is 33.6. The molecule has 0 saturated carbocycles. The molecule has 1 aromatic carbocycles. The first kappa shape index (κ1) is 21.6. The van der Waals surface area contributed by atoms with Gasteiger partial charge in [0, 0.05) is 24.2 Å². The van der Waals surface area contributed by atoms with E-state index in [2.05, 4.69) is 0 Å². The highest BCUT2D eigenvalue weighted by Gasteiger charge is 2.45. The molecule has 10 nitrogen and oxygen atoms in total. The molecule has 0 aliphatic carbocycles. The third kappa shape index (κ3) is 4.58. The standard InChI is InChI=1S/C17H22N2O8S/c1-17(2,3)27-16(21)18-8-7-11(15(20)26-4)14(18)12-9-10(19(22)23)5-6-13(12)28(24)25/h5-6,9,11,14,28H,7-8H2,1-4H3. The van der Waals surface area contributed by atoms with Gasteiger partial charge in [0.2, 0.25) is 0 Å². The summed E-state index contributed by atoms with van der Waals surface area (Å²) in [6, 6.07) is 2.16. The number of non-ortho nitro benzene ring substituents is 1. The van der Waals surface area contributed by atoms with Gasteiger partial charge in [-0.05, 0) is 33.3 Å². The van der Waals surface area contributed by atoms with Crippen molar-refractivity contribution in [3.05, 3.63) is 33.9 Å². The van der Waals surface area contributed by atoms with Crippen molar-refractivity contribution in [2.24, 2.45) is 5.92 Å². The Morgan fingerprint density at radius 3 is 2.43 bits per heavy atom. The molecule has 1 fully saturated rings. The molecule has 1 aliphatic heterocycles. The van der Waals surface area contributed by atoms with Crippen molar-refractivity contribution in [1.29, 1.82) is 0 Å². The average molecular weight is 414 g/mol. The fourth-order valence-electron chi connectivity index (χ4n) is 3.16. The summed E-state index contributed by atoms with van der Waals surface area (Å²) in [5.74, 6) is -1.53. The molecule has 1 aliphatic rings. The molecule has 0 spiro atoms. The molecule has 1 amide bonds. The molecule has 0 aromatic heterocycles. The van der Waals surface area contributed by atoms with Gasteiger partial charge in [-0.3, -0.25) is 14.9 Å². The number of benzene rings is 1. The van der Waals surface area contributed by atoms with Gasteiger partial charge in [-0.15, -0.1) is 0 Å². The van der Waals surface area contributed by atoms with E-state index in [9.17, 15) is 28.1 Å². The summed E-state index contributed by atoms with van der Waals surface area (Å²) >= 11 is 0. The zero-order valence-corrected chi connectivity index (χ0v) is 16.8. The van der Waals surface area contributed by atoms with Gasteiger partial charge in [0.05, 0.1) is 28.9 Å². The molecule has 2 rings (SSSR count). The third-order valence-electron chi connectivity index (χ3n) is 4.27. The number of amides is 1. The van der Waals surface area contributed by atoms with E-state index < -0.39 is 45.3 Å². The summed E-state index contributed by atoms with van der Waals surface area (Å²) in [6.07, 6.45) is -0.545. The lowest BCUT2D eigenvalue weighted by molar-refractivity contribution is -0.385. The van der Waals surface area contributed by atoms with Crippen molar-refractivity contribution in [2.45, 2.75) is 43.7 Å². The van der Waals surface area contributed by atoms with E-state index >= 15 is 0 Å². The van der Waals surface area contributed by atoms with Crippen molar-refractivity contribution in [3.63, 3.8) is 0 Å². The molecule has 0 bridgehead atoms. The number of carbonyl (C=O) groups excluding carboxylic acids is 2. The maximum absolute atomic E-state index is 12.7. The number of nitro groups is 1. The van der Waals surface area contributed by atoms with Crippen LogP contribution >= 0.6 is 0 Å². The first-order chi connectivity index (χ1) is 13.0. The summed E-state index contributed by atoms with van der Waals surface area (Å²) in [7, 11) is -1.95. The fourth-order valence-corrected chi connectivity index (χ4v) is 3.76. The van der Waals surface area contributed by atoms with E-state index in [-0.39, 0.29) is 29.1 Å². The van der Waals surface area contributed by atoms with Gasteiger partial charge in [0.15, 0.2) is 10.7 Å². The second-order valence-corrected chi connectivity index (χ2v) is 8.29. The zero-order chi connectivity index (χ0) is 21.2. The van der Waals surface area contributed by atoms with E-state index in [1.54, 1.807) is 20.8 Å². The number of thiol groups is 1. The molecular weight excluding hydrogens is 392 g/mol. The minimum Gasteiger partial charge on any atom is -0.469 e. The Morgan fingerprint density at radius 2 is 1.93 bits per heavy atom. The number of rotatable bonds is 4. The number of ether oxygens (including phenoxy) is 2.